The monoisotopic (exact) mass is 249 g/mol. The van der Waals surface area contributed by atoms with Crippen molar-refractivity contribution in [1.82, 2.24) is 0 Å². The molecule has 3 nitrogen and oxygen atoms in total. The van der Waals surface area contributed by atoms with Crippen molar-refractivity contribution in [3.8, 4) is 0 Å². The van der Waals surface area contributed by atoms with Gasteiger partial charge in [0.2, 0.25) is 0 Å². The number of carbonyl (C=O) groups is 1. The van der Waals surface area contributed by atoms with Crippen molar-refractivity contribution in [3.63, 3.8) is 0 Å². The van der Waals surface area contributed by atoms with E-state index in [0.29, 0.717) is 6.42 Å². The van der Waals surface area contributed by atoms with Gasteiger partial charge in [0.15, 0.2) is 0 Å². The zero-order valence-electron chi connectivity index (χ0n) is 10.1. The van der Waals surface area contributed by atoms with Crippen molar-refractivity contribution < 1.29 is 9.90 Å². The molecule has 1 saturated carbocycles. The van der Waals surface area contributed by atoms with Crippen molar-refractivity contribution in [2.24, 2.45) is 11.7 Å². The van der Waals surface area contributed by atoms with Gasteiger partial charge in [-0.25, -0.2) is 0 Å². The molecule has 0 amide bonds. The second-order valence-electron chi connectivity index (χ2n) is 4.78. The lowest BCUT2D eigenvalue weighted by atomic mass is 9.73. The summed E-state index contributed by atoms with van der Waals surface area (Å²) in [5, 5.41) is 9.29. The molecule has 1 fully saturated rings. The summed E-state index contributed by atoms with van der Waals surface area (Å²) in [6.45, 7) is 2.07. The molecule has 0 aromatic rings. The Morgan fingerprint density at radius 2 is 1.94 bits per heavy atom. The van der Waals surface area contributed by atoms with Crippen LogP contribution in [-0.4, -0.2) is 16.6 Å². The standard InChI is InChI=1S/C12H23NO2.ClH/c1-2-3-9-12(13,11(14)15)10-7-5-4-6-8-10;/h10H,2-9,13H2,1H3,(H,14,15);1H/t12-;/m0./s1. The maximum atomic E-state index is 11.3. The van der Waals surface area contributed by atoms with Crippen LogP contribution in [0.25, 0.3) is 0 Å². The van der Waals surface area contributed by atoms with Crippen molar-refractivity contribution in [1.29, 1.82) is 0 Å². The third-order valence-electron chi connectivity index (χ3n) is 3.68. The Kier molecular flexibility index (Phi) is 7.00. The molecular weight excluding hydrogens is 226 g/mol. The molecule has 1 atom stereocenters. The number of hydrogen-bond donors (Lipinski definition) is 2. The molecule has 0 radical (unpaired) electrons. The molecule has 4 heteroatoms. The highest BCUT2D eigenvalue weighted by Crippen LogP contribution is 2.34. The summed E-state index contributed by atoms with van der Waals surface area (Å²) in [6, 6.07) is 0. The Balaban J connectivity index is 0.00000225. The Morgan fingerprint density at radius 1 is 1.38 bits per heavy atom. The molecule has 0 aliphatic heterocycles. The fraction of sp³-hybridized carbons (Fsp3) is 0.917. The van der Waals surface area contributed by atoms with E-state index < -0.39 is 11.5 Å². The fourth-order valence-corrected chi connectivity index (χ4v) is 2.57. The first-order chi connectivity index (χ1) is 7.11. The van der Waals surface area contributed by atoms with Crippen molar-refractivity contribution in [2.75, 3.05) is 0 Å². The number of carboxylic acid groups (broad SMARTS) is 1. The second kappa shape index (κ2) is 7.13. The van der Waals surface area contributed by atoms with Crippen molar-refractivity contribution in [3.05, 3.63) is 0 Å². The maximum absolute atomic E-state index is 11.3. The molecule has 1 rings (SSSR count). The first-order valence-electron chi connectivity index (χ1n) is 6.13. The smallest absolute Gasteiger partial charge is 0.323 e. The molecule has 1 aliphatic rings. The van der Waals surface area contributed by atoms with Gasteiger partial charge in [0.1, 0.15) is 5.54 Å². The first kappa shape index (κ1) is 15.7. The average Bonchev–Trinajstić information content (AvgIpc) is 2.27. The summed E-state index contributed by atoms with van der Waals surface area (Å²) < 4.78 is 0. The number of halogens is 1. The number of unbranched alkanes of at least 4 members (excludes halogenated alkanes) is 1. The van der Waals surface area contributed by atoms with E-state index in [1.165, 1.54) is 6.42 Å². The Labute approximate surface area is 104 Å². The molecule has 1 aliphatic carbocycles. The maximum Gasteiger partial charge on any atom is 0.323 e. The van der Waals surface area contributed by atoms with Crippen molar-refractivity contribution in [2.45, 2.75) is 63.8 Å². The van der Waals surface area contributed by atoms with Crippen LogP contribution in [0.15, 0.2) is 0 Å². The number of aliphatic carboxylic acids is 1. The van der Waals surface area contributed by atoms with Gasteiger partial charge >= 0.3 is 5.97 Å². The lowest BCUT2D eigenvalue weighted by molar-refractivity contribution is -0.146. The van der Waals surface area contributed by atoms with Crippen LogP contribution in [0.3, 0.4) is 0 Å². The van der Waals surface area contributed by atoms with Gasteiger partial charge in [0, 0.05) is 0 Å². The quantitative estimate of drug-likeness (QED) is 0.788. The highest BCUT2D eigenvalue weighted by molar-refractivity contribution is 5.85. The molecule has 0 spiro atoms. The van der Waals surface area contributed by atoms with Crippen LogP contribution in [-0.2, 0) is 4.79 Å². The molecule has 16 heavy (non-hydrogen) atoms. The van der Waals surface area contributed by atoms with E-state index >= 15 is 0 Å². The summed E-state index contributed by atoms with van der Waals surface area (Å²) in [5.74, 6) is -0.613. The Hall–Kier alpha value is -0.280. The number of carboxylic acids is 1. The van der Waals surface area contributed by atoms with Gasteiger partial charge in [0.05, 0.1) is 0 Å². The van der Waals surface area contributed by atoms with E-state index in [-0.39, 0.29) is 18.3 Å². The number of rotatable bonds is 5. The fourth-order valence-electron chi connectivity index (χ4n) is 2.57. The SMILES string of the molecule is CCCC[C@@](N)(C(=O)O)C1CCCCC1.Cl. The predicted molar refractivity (Wildman–Crippen MR) is 67.9 cm³/mol. The van der Waals surface area contributed by atoms with E-state index in [2.05, 4.69) is 6.92 Å². The van der Waals surface area contributed by atoms with Gasteiger partial charge in [-0.05, 0) is 25.2 Å². The summed E-state index contributed by atoms with van der Waals surface area (Å²) in [5.41, 5.74) is 5.14. The lowest BCUT2D eigenvalue weighted by Crippen LogP contribution is -2.54. The summed E-state index contributed by atoms with van der Waals surface area (Å²) in [6.07, 6.45) is 8.06. The summed E-state index contributed by atoms with van der Waals surface area (Å²) in [4.78, 5) is 11.3. The van der Waals surface area contributed by atoms with E-state index in [1.54, 1.807) is 0 Å². The summed E-state index contributed by atoms with van der Waals surface area (Å²) >= 11 is 0. The molecule has 0 saturated heterocycles. The number of hydrogen-bond acceptors (Lipinski definition) is 2. The third-order valence-corrected chi connectivity index (χ3v) is 3.68. The highest BCUT2D eigenvalue weighted by atomic mass is 35.5. The van der Waals surface area contributed by atoms with Gasteiger partial charge in [-0.15, -0.1) is 12.4 Å². The van der Waals surface area contributed by atoms with E-state index in [0.717, 1.165) is 38.5 Å². The Morgan fingerprint density at radius 3 is 2.38 bits per heavy atom. The highest BCUT2D eigenvalue weighted by Gasteiger charge is 2.41. The lowest BCUT2D eigenvalue weighted by Gasteiger charge is -2.36. The summed E-state index contributed by atoms with van der Waals surface area (Å²) in [7, 11) is 0. The largest absolute Gasteiger partial charge is 0.480 e. The normalized spacial score (nSPS) is 20.9. The van der Waals surface area contributed by atoms with Gasteiger partial charge in [-0.1, -0.05) is 39.0 Å². The van der Waals surface area contributed by atoms with E-state index in [1.807, 2.05) is 0 Å². The second-order valence-corrected chi connectivity index (χ2v) is 4.78. The van der Waals surface area contributed by atoms with Crippen LogP contribution in [0, 0.1) is 5.92 Å². The predicted octanol–water partition coefficient (Wildman–Crippen LogP) is 2.96. The van der Waals surface area contributed by atoms with Crippen LogP contribution in [0.4, 0.5) is 0 Å². The van der Waals surface area contributed by atoms with Crippen LogP contribution < -0.4 is 5.73 Å². The first-order valence-corrected chi connectivity index (χ1v) is 6.13. The van der Waals surface area contributed by atoms with E-state index in [9.17, 15) is 9.90 Å². The van der Waals surface area contributed by atoms with Crippen LogP contribution in [0.5, 0.6) is 0 Å². The van der Waals surface area contributed by atoms with Crippen LogP contribution in [0.2, 0.25) is 0 Å². The van der Waals surface area contributed by atoms with Gasteiger partial charge < -0.3 is 10.8 Å². The molecule has 0 bridgehead atoms. The molecule has 0 unspecified atom stereocenters. The zero-order valence-corrected chi connectivity index (χ0v) is 10.9. The molecule has 96 valence electrons. The minimum atomic E-state index is -0.962. The van der Waals surface area contributed by atoms with Crippen LogP contribution >= 0.6 is 12.4 Å². The van der Waals surface area contributed by atoms with Gasteiger partial charge in [0.25, 0.3) is 0 Å². The van der Waals surface area contributed by atoms with Gasteiger partial charge in [-0.3, -0.25) is 4.79 Å². The van der Waals surface area contributed by atoms with Crippen LogP contribution in [0.1, 0.15) is 58.3 Å². The third kappa shape index (κ3) is 3.63. The topological polar surface area (TPSA) is 63.3 Å². The molecule has 0 aromatic heterocycles. The minimum absolute atomic E-state index is 0. The molecular formula is C12H24ClNO2. The molecule has 0 heterocycles. The zero-order chi connectivity index (χ0) is 11.3. The van der Waals surface area contributed by atoms with Gasteiger partial charge in [-0.2, -0.15) is 0 Å². The molecule has 0 aromatic carbocycles. The minimum Gasteiger partial charge on any atom is -0.480 e. The average molecular weight is 250 g/mol. The number of nitrogens with two attached hydrogens (primary N) is 1. The van der Waals surface area contributed by atoms with E-state index in [4.69, 9.17) is 5.73 Å². The Bertz CT molecular complexity index is 217. The molecule has 3 N–H and O–H groups in total. The van der Waals surface area contributed by atoms with Crippen molar-refractivity contribution >= 4 is 18.4 Å².